The van der Waals surface area contributed by atoms with E-state index in [0.717, 1.165) is 30.1 Å². The second-order valence-corrected chi connectivity index (χ2v) is 12.9. The lowest BCUT2D eigenvalue weighted by Gasteiger charge is -2.58. The number of ketones is 1. The number of carbonyl (C=O) groups excluding carboxylic acids is 1. The number of hydrogen-bond donors (Lipinski definition) is 0. The Bertz CT molecular complexity index is 651. The van der Waals surface area contributed by atoms with Crippen LogP contribution in [0, 0.1) is 57.7 Å². The quantitative estimate of drug-likeness (QED) is 0.486. The van der Waals surface area contributed by atoms with Crippen LogP contribution in [0.25, 0.3) is 0 Å². The van der Waals surface area contributed by atoms with E-state index in [-0.39, 0.29) is 0 Å². The molecular weight excluding hydrogens is 340 g/mol. The Labute approximate surface area is 173 Å². The third-order valence-corrected chi connectivity index (χ3v) is 11.5. The zero-order valence-electron chi connectivity index (χ0n) is 19.2. The molecule has 0 N–H and O–H groups in total. The summed E-state index contributed by atoms with van der Waals surface area (Å²) in [5.74, 6) is 5.98. The normalized spacial score (nSPS) is 52.8. The summed E-state index contributed by atoms with van der Waals surface area (Å²) in [6, 6.07) is 0. The van der Waals surface area contributed by atoms with Crippen molar-refractivity contribution >= 4 is 5.78 Å². The highest BCUT2D eigenvalue weighted by atomic mass is 16.1. The molecule has 0 aromatic heterocycles. The predicted octanol–water partition coefficient (Wildman–Crippen LogP) is 7.29. The van der Waals surface area contributed by atoms with Crippen molar-refractivity contribution in [3.63, 3.8) is 0 Å². The lowest BCUT2D eigenvalue weighted by molar-refractivity contribution is -0.154. The van der Waals surface area contributed by atoms with Crippen LogP contribution >= 0.6 is 0 Å². The molecule has 0 aliphatic heterocycles. The highest BCUT2D eigenvalue weighted by Gasteiger charge is 2.75. The van der Waals surface area contributed by atoms with E-state index in [1.165, 1.54) is 64.2 Å². The van der Waals surface area contributed by atoms with Gasteiger partial charge >= 0.3 is 0 Å². The lowest BCUT2D eigenvalue weighted by Crippen LogP contribution is -2.55. The van der Waals surface area contributed by atoms with E-state index in [4.69, 9.17) is 0 Å². The van der Waals surface area contributed by atoms with Crippen LogP contribution < -0.4 is 0 Å². The molecule has 5 saturated carbocycles. The standard InChI is InChI=1S/C27H44O/c1-17(2)7-6-8-18(3)20-9-10-21-24-22(12-13-25(20,21)4)26(5)14-11-19-15-27(19,26)16-23(24)28/h17-22,24H,6-16H2,1-5H3. The van der Waals surface area contributed by atoms with Crippen molar-refractivity contribution in [2.75, 3.05) is 0 Å². The summed E-state index contributed by atoms with van der Waals surface area (Å²) in [6.07, 6.45) is 14.8. The first-order valence-corrected chi connectivity index (χ1v) is 12.8. The lowest BCUT2D eigenvalue weighted by atomic mass is 9.45. The van der Waals surface area contributed by atoms with Crippen molar-refractivity contribution in [3.8, 4) is 0 Å². The molecule has 0 bridgehead atoms. The van der Waals surface area contributed by atoms with Gasteiger partial charge in [-0.3, -0.25) is 4.79 Å². The molecule has 0 aromatic rings. The second kappa shape index (κ2) is 6.34. The number of hydrogen-bond acceptors (Lipinski definition) is 1. The topological polar surface area (TPSA) is 17.1 Å². The van der Waals surface area contributed by atoms with E-state index >= 15 is 0 Å². The van der Waals surface area contributed by atoms with Crippen LogP contribution in [0.3, 0.4) is 0 Å². The molecule has 1 spiro atoms. The van der Waals surface area contributed by atoms with Crippen LogP contribution in [-0.4, -0.2) is 5.78 Å². The third-order valence-electron chi connectivity index (χ3n) is 11.5. The minimum Gasteiger partial charge on any atom is -0.299 e. The van der Waals surface area contributed by atoms with Gasteiger partial charge in [-0.15, -0.1) is 0 Å². The molecule has 158 valence electrons. The maximum Gasteiger partial charge on any atom is 0.137 e. The van der Waals surface area contributed by atoms with E-state index in [1.807, 2.05) is 0 Å². The summed E-state index contributed by atoms with van der Waals surface area (Å²) >= 11 is 0. The first-order chi connectivity index (χ1) is 13.2. The summed E-state index contributed by atoms with van der Waals surface area (Å²) in [7, 11) is 0. The van der Waals surface area contributed by atoms with Gasteiger partial charge in [-0.2, -0.15) is 0 Å². The maximum absolute atomic E-state index is 13.6. The fraction of sp³-hybridized carbons (Fsp3) is 0.963. The van der Waals surface area contributed by atoms with Crippen LogP contribution in [0.5, 0.6) is 0 Å². The number of Topliss-reactive ketones (excluding diaryl/α,β-unsaturated/α-hetero) is 1. The molecule has 0 heterocycles. The van der Waals surface area contributed by atoms with Gasteiger partial charge < -0.3 is 0 Å². The Hall–Kier alpha value is -0.330. The van der Waals surface area contributed by atoms with Gasteiger partial charge in [0.2, 0.25) is 0 Å². The Morgan fingerprint density at radius 2 is 1.75 bits per heavy atom. The average Bonchev–Trinajstić information content (AvgIpc) is 3.09. The van der Waals surface area contributed by atoms with Crippen molar-refractivity contribution < 1.29 is 4.79 Å². The van der Waals surface area contributed by atoms with Crippen LogP contribution in [0.4, 0.5) is 0 Å². The zero-order valence-corrected chi connectivity index (χ0v) is 19.2. The number of carbonyl (C=O) groups is 1. The molecule has 0 amide bonds. The van der Waals surface area contributed by atoms with Gasteiger partial charge in [0, 0.05) is 12.3 Å². The molecule has 1 nitrogen and oxygen atoms in total. The fourth-order valence-corrected chi connectivity index (χ4v) is 9.91. The number of rotatable bonds is 5. The van der Waals surface area contributed by atoms with E-state index < -0.39 is 0 Å². The van der Waals surface area contributed by atoms with E-state index in [2.05, 4.69) is 34.6 Å². The van der Waals surface area contributed by atoms with Crippen molar-refractivity contribution in [3.05, 3.63) is 0 Å². The van der Waals surface area contributed by atoms with Crippen LogP contribution in [0.1, 0.15) is 105 Å². The summed E-state index contributed by atoms with van der Waals surface area (Å²) in [5, 5.41) is 0. The molecule has 5 rings (SSSR count). The Morgan fingerprint density at radius 1 is 0.964 bits per heavy atom. The van der Waals surface area contributed by atoms with Gasteiger partial charge in [-0.25, -0.2) is 0 Å². The van der Waals surface area contributed by atoms with Crippen molar-refractivity contribution in [1.82, 2.24) is 0 Å². The van der Waals surface area contributed by atoms with Gasteiger partial charge in [0.15, 0.2) is 0 Å². The van der Waals surface area contributed by atoms with E-state index in [1.54, 1.807) is 0 Å². The molecule has 0 aromatic carbocycles. The average molecular weight is 385 g/mol. The first kappa shape index (κ1) is 19.6. The molecular formula is C27H44O. The Balaban J connectivity index is 1.36. The second-order valence-electron chi connectivity index (χ2n) is 12.9. The largest absolute Gasteiger partial charge is 0.299 e. The van der Waals surface area contributed by atoms with Crippen LogP contribution in [-0.2, 0) is 4.79 Å². The summed E-state index contributed by atoms with van der Waals surface area (Å²) < 4.78 is 0. The van der Waals surface area contributed by atoms with Crippen LogP contribution in [0.15, 0.2) is 0 Å². The Kier molecular flexibility index (Phi) is 4.44. The first-order valence-electron chi connectivity index (χ1n) is 12.8. The SMILES string of the molecule is CC(C)CCCC(C)C1CCC2C3C(=O)CC45CC4CCC5(C)C3CCC12C. The molecule has 28 heavy (non-hydrogen) atoms. The fourth-order valence-electron chi connectivity index (χ4n) is 9.91. The van der Waals surface area contributed by atoms with Crippen molar-refractivity contribution in [1.29, 1.82) is 0 Å². The van der Waals surface area contributed by atoms with Gasteiger partial charge in [-0.1, -0.05) is 53.9 Å². The van der Waals surface area contributed by atoms with E-state index in [9.17, 15) is 4.79 Å². The monoisotopic (exact) mass is 384 g/mol. The minimum atomic E-state index is 0.418. The van der Waals surface area contributed by atoms with Crippen molar-refractivity contribution in [2.45, 2.75) is 105 Å². The number of fused-ring (bicyclic) bond motifs is 4. The zero-order chi connectivity index (χ0) is 19.9. The molecule has 9 unspecified atom stereocenters. The summed E-state index contributed by atoms with van der Waals surface area (Å²) in [5.41, 5.74) is 1.40. The van der Waals surface area contributed by atoms with Gasteiger partial charge in [-0.05, 0) is 96.7 Å². The third kappa shape index (κ3) is 2.46. The van der Waals surface area contributed by atoms with Gasteiger partial charge in [0.25, 0.3) is 0 Å². The molecule has 1 heteroatoms. The molecule has 0 radical (unpaired) electrons. The molecule has 5 fully saturated rings. The smallest absolute Gasteiger partial charge is 0.137 e. The highest BCUT2D eigenvalue weighted by molar-refractivity contribution is 5.85. The van der Waals surface area contributed by atoms with Crippen LogP contribution in [0.2, 0.25) is 0 Å². The van der Waals surface area contributed by atoms with Gasteiger partial charge in [0.1, 0.15) is 5.78 Å². The maximum atomic E-state index is 13.6. The van der Waals surface area contributed by atoms with E-state index in [0.29, 0.717) is 39.8 Å². The summed E-state index contributed by atoms with van der Waals surface area (Å²) in [6.45, 7) is 12.5. The minimum absolute atomic E-state index is 0.418. The molecule has 9 atom stereocenters. The summed E-state index contributed by atoms with van der Waals surface area (Å²) in [4.78, 5) is 13.6. The van der Waals surface area contributed by atoms with Gasteiger partial charge in [0.05, 0.1) is 0 Å². The molecule has 5 aliphatic carbocycles. The molecule has 0 saturated heterocycles. The highest BCUT2D eigenvalue weighted by Crippen LogP contribution is 2.81. The van der Waals surface area contributed by atoms with Crippen molar-refractivity contribution in [2.24, 2.45) is 57.7 Å². The predicted molar refractivity (Wildman–Crippen MR) is 116 cm³/mol. The molecule has 5 aliphatic rings. The Morgan fingerprint density at radius 3 is 2.46 bits per heavy atom.